The minimum absolute atomic E-state index is 0.125. The second kappa shape index (κ2) is 15.0. The predicted molar refractivity (Wildman–Crippen MR) is 169 cm³/mol. The summed E-state index contributed by atoms with van der Waals surface area (Å²) in [5.41, 5.74) is 0.159. The Morgan fingerprint density at radius 3 is 2.48 bits per heavy atom. The Balaban J connectivity index is 1.29. The van der Waals surface area contributed by atoms with Crippen molar-refractivity contribution in [2.75, 3.05) is 51.8 Å². The van der Waals surface area contributed by atoms with Gasteiger partial charge in [0, 0.05) is 49.4 Å². The van der Waals surface area contributed by atoms with Gasteiger partial charge in [-0.05, 0) is 48.6 Å². The van der Waals surface area contributed by atoms with E-state index in [1.54, 1.807) is 12.1 Å². The van der Waals surface area contributed by atoms with Gasteiger partial charge in [0.2, 0.25) is 5.91 Å². The van der Waals surface area contributed by atoms with Crippen molar-refractivity contribution in [3.63, 3.8) is 0 Å². The van der Waals surface area contributed by atoms with Crippen molar-refractivity contribution in [2.45, 2.75) is 6.42 Å². The van der Waals surface area contributed by atoms with Crippen LogP contribution in [0, 0.1) is 17.5 Å². The maximum atomic E-state index is 15.6. The Morgan fingerprint density at radius 2 is 1.74 bits per heavy atom. The molecule has 0 radical (unpaired) electrons. The van der Waals surface area contributed by atoms with Crippen LogP contribution < -0.4 is 25.4 Å². The molecule has 4 aromatic rings. The maximum absolute atomic E-state index is 15.6. The summed E-state index contributed by atoms with van der Waals surface area (Å²) in [5, 5.41) is 7.91. The summed E-state index contributed by atoms with van der Waals surface area (Å²) < 4.78 is 60.1. The first-order valence-corrected chi connectivity index (χ1v) is 14.7. The van der Waals surface area contributed by atoms with Crippen LogP contribution in [0.25, 0.3) is 10.9 Å². The highest BCUT2D eigenvalue weighted by Gasteiger charge is 2.20. The van der Waals surface area contributed by atoms with E-state index < -0.39 is 35.3 Å². The molecule has 3 N–H and O–H groups in total. The number of rotatable bonds is 10. The molecule has 1 fully saturated rings. The minimum Gasteiger partial charge on any atom is -0.496 e. The summed E-state index contributed by atoms with van der Waals surface area (Å²) in [4.78, 5) is 32.0. The number of anilines is 1. The number of aromatic nitrogens is 1. The van der Waals surface area contributed by atoms with Gasteiger partial charge in [-0.2, -0.15) is 0 Å². The molecule has 46 heavy (non-hydrogen) atoms. The Labute approximate surface area is 267 Å². The van der Waals surface area contributed by atoms with Crippen molar-refractivity contribution in [2.24, 2.45) is 0 Å². The molecule has 1 saturated heterocycles. The van der Waals surface area contributed by atoms with Crippen LogP contribution in [0.2, 0.25) is 0 Å². The molecule has 1 aliphatic heterocycles. The number of thiocarbonyl (C=S) groups is 1. The van der Waals surface area contributed by atoms with Crippen LogP contribution in [0.5, 0.6) is 17.2 Å². The fourth-order valence-electron chi connectivity index (χ4n) is 4.82. The van der Waals surface area contributed by atoms with E-state index >= 15 is 4.39 Å². The summed E-state index contributed by atoms with van der Waals surface area (Å²) in [6.45, 7) is 4.00. The molecule has 0 bridgehead atoms. The highest BCUT2D eigenvalue weighted by molar-refractivity contribution is 7.80. The van der Waals surface area contributed by atoms with E-state index in [0.717, 1.165) is 25.2 Å². The lowest BCUT2D eigenvalue weighted by Gasteiger charge is -2.26. The summed E-state index contributed by atoms with van der Waals surface area (Å²) in [6, 6.07) is 12.2. The zero-order chi connectivity index (χ0) is 32.6. The van der Waals surface area contributed by atoms with E-state index in [-0.39, 0.29) is 33.8 Å². The van der Waals surface area contributed by atoms with E-state index in [2.05, 4.69) is 25.8 Å². The van der Waals surface area contributed by atoms with Gasteiger partial charge in [0.05, 0.1) is 43.5 Å². The second-order valence-corrected chi connectivity index (χ2v) is 10.6. The summed E-state index contributed by atoms with van der Waals surface area (Å²) in [5.74, 6) is -3.39. The van der Waals surface area contributed by atoms with Crippen molar-refractivity contribution >= 4 is 45.7 Å². The van der Waals surface area contributed by atoms with Gasteiger partial charge >= 0.3 is 0 Å². The first-order valence-electron chi connectivity index (χ1n) is 14.3. The average molecular weight is 654 g/mol. The number of carbonyl (C=O) groups is 2. The van der Waals surface area contributed by atoms with Gasteiger partial charge < -0.3 is 30.2 Å². The number of amides is 2. The largest absolute Gasteiger partial charge is 0.496 e. The molecular formula is C32H30F3N5O5S. The molecule has 240 valence electrons. The number of hydrogen-bond acceptors (Lipinski definition) is 8. The van der Waals surface area contributed by atoms with Crippen molar-refractivity contribution in [1.82, 2.24) is 20.5 Å². The highest BCUT2D eigenvalue weighted by Crippen LogP contribution is 2.35. The van der Waals surface area contributed by atoms with Crippen molar-refractivity contribution in [3.05, 3.63) is 89.4 Å². The van der Waals surface area contributed by atoms with E-state index in [4.69, 9.17) is 26.4 Å². The lowest BCUT2D eigenvalue weighted by atomic mass is 10.1. The van der Waals surface area contributed by atoms with Crippen LogP contribution in [0.1, 0.15) is 15.9 Å². The van der Waals surface area contributed by atoms with Crippen molar-refractivity contribution in [3.8, 4) is 17.2 Å². The molecule has 0 unspecified atom stereocenters. The standard InChI is InChI=1S/C32H30F3N5O5S/c1-43-28-18-25-20(16-21(28)31(42)37-10-11-40-12-14-44-15-13-40)26(8-9-36-25)45-27-7-3-6-24(30(27)35)38-32(46)39-29(41)17-19-22(33)4-2-5-23(19)34/h2-9,16,18H,10-15,17H2,1H3,(H,37,42)(H2,38,39,41,46). The second-order valence-electron chi connectivity index (χ2n) is 10.2. The Bertz CT molecular complexity index is 1750. The number of nitrogens with zero attached hydrogens (tertiary/aromatic N) is 2. The third-order valence-corrected chi connectivity index (χ3v) is 7.37. The van der Waals surface area contributed by atoms with Crippen LogP contribution >= 0.6 is 12.2 Å². The Kier molecular flexibility index (Phi) is 10.6. The van der Waals surface area contributed by atoms with E-state index in [9.17, 15) is 18.4 Å². The summed E-state index contributed by atoms with van der Waals surface area (Å²) >= 11 is 5.12. The molecule has 0 atom stereocenters. The Hall–Kier alpha value is -4.79. The number of fused-ring (bicyclic) bond motifs is 1. The van der Waals surface area contributed by atoms with E-state index in [1.165, 1.54) is 43.6 Å². The van der Waals surface area contributed by atoms with Gasteiger partial charge in [0.25, 0.3) is 5.91 Å². The SMILES string of the molecule is COc1cc2nccc(Oc3cccc(NC(=S)NC(=O)Cc4c(F)cccc4F)c3F)c2cc1C(=O)NCCN1CCOCC1. The predicted octanol–water partition coefficient (Wildman–Crippen LogP) is 4.57. The number of hydrogen-bond donors (Lipinski definition) is 3. The van der Waals surface area contributed by atoms with E-state index in [0.29, 0.717) is 43.0 Å². The lowest BCUT2D eigenvalue weighted by molar-refractivity contribution is -0.119. The first-order chi connectivity index (χ1) is 22.2. The van der Waals surface area contributed by atoms with Gasteiger partial charge in [0.1, 0.15) is 23.1 Å². The third kappa shape index (κ3) is 7.88. The van der Waals surface area contributed by atoms with Crippen LogP contribution in [-0.4, -0.2) is 73.3 Å². The van der Waals surface area contributed by atoms with Gasteiger partial charge in [-0.1, -0.05) is 12.1 Å². The van der Waals surface area contributed by atoms with Gasteiger partial charge in [0.15, 0.2) is 16.7 Å². The number of nitrogens with one attached hydrogen (secondary N) is 3. The quantitative estimate of drug-likeness (QED) is 0.212. The molecule has 2 amide bonds. The Morgan fingerprint density at radius 1 is 1.00 bits per heavy atom. The molecular weight excluding hydrogens is 623 g/mol. The first kappa shape index (κ1) is 32.6. The summed E-state index contributed by atoms with van der Waals surface area (Å²) in [7, 11) is 1.45. The maximum Gasteiger partial charge on any atom is 0.255 e. The summed E-state index contributed by atoms with van der Waals surface area (Å²) in [6.07, 6.45) is 0.863. The van der Waals surface area contributed by atoms with Crippen LogP contribution in [0.15, 0.2) is 60.8 Å². The number of carbonyl (C=O) groups excluding carboxylic acids is 2. The van der Waals surface area contributed by atoms with Crippen LogP contribution in [0.4, 0.5) is 18.9 Å². The molecule has 10 nitrogen and oxygen atoms in total. The zero-order valence-electron chi connectivity index (χ0n) is 24.7. The number of ether oxygens (including phenoxy) is 3. The fourth-order valence-corrected chi connectivity index (χ4v) is 5.05. The number of methoxy groups -OCH3 is 1. The molecule has 2 heterocycles. The average Bonchev–Trinajstić information content (AvgIpc) is 3.04. The molecule has 0 spiro atoms. The number of benzene rings is 3. The molecule has 3 aromatic carbocycles. The fraction of sp³-hybridized carbons (Fsp3) is 0.250. The molecule has 0 aliphatic carbocycles. The molecule has 14 heteroatoms. The smallest absolute Gasteiger partial charge is 0.255 e. The van der Waals surface area contributed by atoms with Gasteiger partial charge in [-0.25, -0.2) is 13.2 Å². The van der Waals surface area contributed by atoms with Gasteiger partial charge in [-0.15, -0.1) is 0 Å². The number of morpholine rings is 1. The third-order valence-electron chi connectivity index (χ3n) is 7.17. The molecule has 1 aromatic heterocycles. The number of halogens is 3. The van der Waals surface area contributed by atoms with Crippen molar-refractivity contribution < 1.29 is 37.0 Å². The molecule has 5 rings (SSSR count). The zero-order valence-corrected chi connectivity index (χ0v) is 25.5. The van der Waals surface area contributed by atoms with Crippen molar-refractivity contribution in [1.29, 1.82) is 0 Å². The monoisotopic (exact) mass is 653 g/mol. The van der Waals surface area contributed by atoms with Gasteiger partial charge in [-0.3, -0.25) is 19.5 Å². The normalized spacial score (nSPS) is 13.2. The topological polar surface area (TPSA) is 114 Å². The molecule has 0 saturated carbocycles. The van der Waals surface area contributed by atoms with Crippen LogP contribution in [-0.2, 0) is 16.0 Å². The number of pyridine rings is 1. The van der Waals surface area contributed by atoms with Crippen LogP contribution in [0.3, 0.4) is 0 Å². The minimum atomic E-state index is -0.872. The lowest BCUT2D eigenvalue weighted by Crippen LogP contribution is -2.41. The van der Waals surface area contributed by atoms with E-state index in [1.807, 2.05) is 0 Å². The molecule has 1 aliphatic rings. The highest BCUT2D eigenvalue weighted by atomic mass is 32.1.